The highest BCUT2D eigenvalue weighted by atomic mass is 19.4. The Bertz CT molecular complexity index is 862. The third-order valence-corrected chi connectivity index (χ3v) is 5.95. The first-order chi connectivity index (χ1) is 13.5. The number of fused-ring (bicyclic) bond motifs is 1. The topological polar surface area (TPSA) is 61.8 Å². The molecule has 2 aliphatic heterocycles. The molecule has 0 aromatic carbocycles. The van der Waals surface area contributed by atoms with Gasteiger partial charge in [-0.3, -0.25) is 10.00 Å². The van der Waals surface area contributed by atoms with Crippen LogP contribution in [0.15, 0.2) is 12.3 Å². The fraction of sp³-hybridized carbons (Fsp3) is 0.700. The van der Waals surface area contributed by atoms with Crippen LogP contribution in [0.5, 0.6) is 0 Å². The average Bonchev–Trinajstić information content (AvgIpc) is 3.31. The van der Waals surface area contributed by atoms with Gasteiger partial charge in [-0.25, -0.2) is 4.68 Å². The fourth-order valence-corrected chi connectivity index (χ4v) is 4.59. The van der Waals surface area contributed by atoms with Gasteiger partial charge in [0, 0.05) is 35.3 Å². The van der Waals surface area contributed by atoms with Crippen molar-refractivity contribution in [1.29, 1.82) is 0 Å². The largest absolute Gasteiger partial charge is 0.410 e. The third-order valence-electron chi connectivity index (χ3n) is 5.95. The van der Waals surface area contributed by atoms with Crippen molar-refractivity contribution in [3.63, 3.8) is 0 Å². The zero-order valence-electron chi connectivity index (χ0n) is 17.3. The normalized spacial score (nSPS) is 25.8. The van der Waals surface area contributed by atoms with Crippen molar-refractivity contribution in [3.8, 4) is 0 Å². The number of anilines is 1. The maximum atomic E-state index is 13.6. The fourth-order valence-electron chi connectivity index (χ4n) is 4.59. The van der Waals surface area contributed by atoms with Crippen molar-refractivity contribution >= 4 is 5.82 Å². The van der Waals surface area contributed by atoms with Crippen molar-refractivity contribution in [3.05, 3.63) is 29.2 Å². The number of alkyl halides is 3. The summed E-state index contributed by atoms with van der Waals surface area (Å²) in [5, 5.41) is 14.9. The Kier molecular flexibility index (Phi) is 4.91. The first kappa shape index (κ1) is 20.3. The molecule has 0 aliphatic carbocycles. The predicted octanol–water partition coefficient (Wildman–Crippen LogP) is 4.55. The van der Waals surface area contributed by atoms with Gasteiger partial charge in [-0.15, -0.1) is 0 Å². The number of aromatic nitrogens is 4. The van der Waals surface area contributed by atoms with E-state index in [0.717, 1.165) is 35.3 Å². The molecular formula is C20H29F3N6. The number of H-pyrrole nitrogens is 1. The molecule has 2 aliphatic rings. The molecular weight excluding hydrogens is 381 g/mol. The summed E-state index contributed by atoms with van der Waals surface area (Å²) in [5.41, 5.74) is 2.90. The van der Waals surface area contributed by atoms with Gasteiger partial charge in [0.15, 0.2) is 6.04 Å². The molecule has 3 atom stereocenters. The summed E-state index contributed by atoms with van der Waals surface area (Å²) in [5.74, 6) is 0.464. The maximum Gasteiger partial charge on any atom is 0.410 e. The molecule has 29 heavy (non-hydrogen) atoms. The summed E-state index contributed by atoms with van der Waals surface area (Å²) >= 11 is 0. The van der Waals surface area contributed by atoms with Gasteiger partial charge < -0.3 is 5.32 Å². The number of likely N-dealkylation sites (tertiary alicyclic amines) is 1. The zero-order valence-corrected chi connectivity index (χ0v) is 17.3. The van der Waals surface area contributed by atoms with Crippen LogP contribution in [0.25, 0.3) is 0 Å². The Morgan fingerprint density at radius 3 is 2.69 bits per heavy atom. The van der Waals surface area contributed by atoms with Crippen LogP contribution in [0.4, 0.5) is 19.0 Å². The minimum absolute atomic E-state index is 0.00400. The van der Waals surface area contributed by atoms with E-state index in [2.05, 4.69) is 46.3 Å². The minimum Gasteiger partial charge on any atom is -0.368 e. The van der Waals surface area contributed by atoms with Crippen LogP contribution in [-0.2, 0) is 12.0 Å². The van der Waals surface area contributed by atoms with Crippen LogP contribution in [-0.4, -0.2) is 43.6 Å². The Morgan fingerprint density at radius 1 is 1.24 bits per heavy atom. The third kappa shape index (κ3) is 3.89. The second-order valence-corrected chi connectivity index (χ2v) is 9.39. The molecule has 2 N–H and O–H groups in total. The minimum atomic E-state index is -4.30. The molecule has 160 valence electrons. The monoisotopic (exact) mass is 410 g/mol. The molecule has 4 heterocycles. The van der Waals surface area contributed by atoms with Gasteiger partial charge in [0.1, 0.15) is 5.82 Å². The molecule has 0 bridgehead atoms. The Morgan fingerprint density at radius 2 is 2.00 bits per heavy atom. The van der Waals surface area contributed by atoms with E-state index < -0.39 is 12.2 Å². The lowest BCUT2D eigenvalue weighted by Crippen LogP contribution is -2.37. The van der Waals surface area contributed by atoms with Gasteiger partial charge >= 0.3 is 6.18 Å². The summed E-state index contributed by atoms with van der Waals surface area (Å²) in [6, 6.07) is 0.0106. The summed E-state index contributed by atoms with van der Waals surface area (Å²) in [7, 11) is 0. The molecule has 0 amide bonds. The van der Waals surface area contributed by atoms with Gasteiger partial charge in [-0.05, 0) is 32.7 Å². The number of nitrogens with one attached hydrogen (secondary N) is 2. The second-order valence-electron chi connectivity index (χ2n) is 9.39. The molecule has 9 heteroatoms. The van der Waals surface area contributed by atoms with Crippen LogP contribution in [0.1, 0.15) is 76.0 Å². The molecule has 2 aromatic rings. The van der Waals surface area contributed by atoms with Crippen LogP contribution in [0.2, 0.25) is 0 Å². The van der Waals surface area contributed by atoms with Gasteiger partial charge in [0.25, 0.3) is 0 Å². The van der Waals surface area contributed by atoms with Gasteiger partial charge in [0.2, 0.25) is 0 Å². The lowest BCUT2D eigenvalue weighted by atomic mass is 9.89. The number of rotatable bonds is 3. The predicted molar refractivity (Wildman–Crippen MR) is 105 cm³/mol. The summed E-state index contributed by atoms with van der Waals surface area (Å²) in [6.07, 6.45) is -0.553. The van der Waals surface area contributed by atoms with E-state index in [1.807, 2.05) is 6.20 Å². The van der Waals surface area contributed by atoms with E-state index >= 15 is 0 Å². The molecule has 4 rings (SSSR count). The van der Waals surface area contributed by atoms with Crippen molar-refractivity contribution in [2.75, 3.05) is 11.9 Å². The summed E-state index contributed by atoms with van der Waals surface area (Å²) < 4.78 is 41.8. The highest BCUT2D eigenvalue weighted by molar-refractivity contribution is 5.42. The number of aromatic amines is 1. The molecule has 1 unspecified atom stereocenters. The van der Waals surface area contributed by atoms with E-state index in [-0.39, 0.29) is 23.9 Å². The van der Waals surface area contributed by atoms with Crippen LogP contribution in [0, 0.1) is 0 Å². The van der Waals surface area contributed by atoms with Gasteiger partial charge in [0.05, 0.1) is 17.9 Å². The average molecular weight is 410 g/mol. The standard InChI is InChI=1S/C20H29F3N6/c1-12-8-16(20(21,22)23)29-17(25-12)9-14(27-29)15-6-5-7-28(15)11-13-10-24-26-18(13)19(2,3)4/h9-10,12,15-16,25H,5-8,11H2,1-4H3,(H,24,26)/t12-,15?,16-/m1/s1. The van der Waals surface area contributed by atoms with Crippen molar-refractivity contribution in [2.45, 2.75) is 83.2 Å². The Labute approximate surface area is 168 Å². The van der Waals surface area contributed by atoms with Crippen LogP contribution in [0.3, 0.4) is 0 Å². The summed E-state index contributed by atoms with van der Waals surface area (Å²) in [6.45, 7) is 9.80. The zero-order chi connectivity index (χ0) is 21.0. The van der Waals surface area contributed by atoms with Crippen LogP contribution < -0.4 is 5.32 Å². The quantitative estimate of drug-likeness (QED) is 0.779. The first-order valence-corrected chi connectivity index (χ1v) is 10.2. The first-order valence-electron chi connectivity index (χ1n) is 10.2. The van der Waals surface area contributed by atoms with Crippen molar-refractivity contribution in [1.82, 2.24) is 24.9 Å². The van der Waals surface area contributed by atoms with E-state index in [1.165, 1.54) is 0 Å². The number of halogens is 3. The van der Waals surface area contributed by atoms with Crippen molar-refractivity contribution in [2.24, 2.45) is 0 Å². The molecule has 0 radical (unpaired) electrons. The van der Waals surface area contributed by atoms with E-state index in [1.54, 1.807) is 13.0 Å². The molecule has 0 spiro atoms. The SMILES string of the molecule is C[C@@H]1C[C@H](C(F)(F)F)n2nc(C3CCCN3Cc3cn[nH]c3C(C)(C)C)cc2N1. The van der Waals surface area contributed by atoms with E-state index in [4.69, 9.17) is 0 Å². The second kappa shape index (κ2) is 7.04. The number of nitrogens with zero attached hydrogens (tertiary/aromatic N) is 4. The van der Waals surface area contributed by atoms with E-state index in [0.29, 0.717) is 18.1 Å². The van der Waals surface area contributed by atoms with Crippen molar-refractivity contribution < 1.29 is 13.2 Å². The number of hydrogen-bond donors (Lipinski definition) is 2. The molecule has 0 saturated carbocycles. The molecule has 1 fully saturated rings. The van der Waals surface area contributed by atoms with Gasteiger partial charge in [-0.2, -0.15) is 23.4 Å². The lowest BCUT2D eigenvalue weighted by Gasteiger charge is -2.31. The van der Waals surface area contributed by atoms with Crippen LogP contribution >= 0.6 is 0 Å². The molecule has 6 nitrogen and oxygen atoms in total. The Balaban J connectivity index is 1.60. The molecule has 2 aromatic heterocycles. The maximum absolute atomic E-state index is 13.6. The smallest absolute Gasteiger partial charge is 0.368 e. The highest BCUT2D eigenvalue weighted by Crippen LogP contribution is 2.42. The van der Waals surface area contributed by atoms with E-state index in [9.17, 15) is 13.2 Å². The van der Waals surface area contributed by atoms with Gasteiger partial charge in [-0.1, -0.05) is 20.8 Å². The molecule has 1 saturated heterocycles. The Hall–Kier alpha value is -2.03. The lowest BCUT2D eigenvalue weighted by molar-refractivity contribution is -0.173. The highest BCUT2D eigenvalue weighted by Gasteiger charge is 2.46. The number of hydrogen-bond acceptors (Lipinski definition) is 4. The summed E-state index contributed by atoms with van der Waals surface area (Å²) in [4.78, 5) is 2.31.